The van der Waals surface area contributed by atoms with Crippen LogP contribution in [0.1, 0.15) is 10.4 Å². The molecule has 0 aliphatic rings. The molecule has 72 valence electrons. The van der Waals surface area contributed by atoms with Crippen molar-refractivity contribution in [3.63, 3.8) is 0 Å². The Morgan fingerprint density at radius 1 is 1.50 bits per heavy atom. The van der Waals surface area contributed by atoms with Crippen LogP contribution in [-0.4, -0.2) is 22.7 Å². The van der Waals surface area contributed by atoms with E-state index in [1.807, 2.05) is 0 Å². The zero-order chi connectivity index (χ0) is 9.97. The number of carbonyl (C=O) groups is 1. The van der Waals surface area contributed by atoms with Crippen LogP contribution in [0.3, 0.4) is 0 Å². The molecule has 1 heterocycles. The molecule has 2 aromatic rings. The third kappa shape index (κ3) is 1.51. The first-order chi connectivity index (χ1) is 6.83. The van der Waals surface area contributed by atoms with Crippen molar-refractivity contribution in [2.24, 2.45) is 0 Å². The molecule has 0 saturated heterocycles. The largest absolute Gasteiger partial charge is 0.298 e. The molecule has 4 heteroatoms. The topological polar surface area (TPSA) is 34.9 Å². The van der Waals surface area contributed by atoms with Gasteiger partial charge in [0.1, 0.15) is 13.0 Å². The van der Waals surface area contributed by atoms with E-state index in [-0.39, 0.29) is 6.54 Å². The van der Waals surface area contributed by atoms with Gasteiger partial charge in [-0.25, -0.2) is 4.39 Å². The number of nitrogens with zero attached hydrogens (tertiary/aromatic N) is 2. The zero-order valence-corrected chi connectivity index (χ0v) is 7.48. The lowest BCUT2D eigenvalue weighted by molar-refractivity contribution is 0.112. The molecule has 0 saturated carbocycles. The highest BCUT2D eigenvalue weighted by molar-refractivity contribution is 5.86. The number of aromatic nitrogens is 2. The van der Waals surface area contributed by atoms with Crippen molar-refractivity contribution in [1.29, 1.82) is 0 Å². The van der Waals surface area contributed by atoms with E-state index in [1.54, 1.807) is 29.1 Å². The molecule has 0 N–H and O–H groups in total. The van der Waals surface area contributed by atoms with Crippen LogP contribution in [0.25, 0.3) is 10.9 Å². The predicted octanol–water partition coefficient (Wildman–Crippen LogP) is 1.82. The minimum atomic E-state index is -0.436. The van der Waals surface area contributed by atoms with Gasteiger partial charge in [0.05, 0.1) is 12.1 Å². The summed E-state index contributed by atoms with van der Waals surface area (Å²) < 4.78 is 13.6. The van der Waals surface area contributed by atoms with E-state index in [1.165, 1.54) is 0 Å². The number of aldehydes is 1. The standard InChI is InChI=1S/C10H9FN2O/c11-3-4-13-6-9-2-1-8(7-14)5-10(9)12-13/h1-2,5-7H,3-4H2. The van der Waals surface area contributed by atoms with E-state index in [2.05, 4.69) is 5.10 Å². The maximum Gasteiger partial charge on any atom is 0.150 e. The van der Waals surface area contributed by atoms with Crippen molar-refractivity contribution < 1.29 is 9.18 Å². The number of aryl methyl sites for hydroxylation is 1. The van der Waals surface area contributed by atoms with Crippen LogP contribution < -0.4 is 0 Å². The first kappa shape index (κ1) is 8.87. The Labute approximate surface area is 80.1 Å². The van der Waals surface area contributed by atoms with Gasteiger partial charge in [0.15, 0.2) is 0 Å². The van der Waals surface area contributed by atoms with Crippen molar-refractivity contribution in [1.82, 2.24) is 9.78 Å². The fraction of sp³-hybridized carbons (Fsp3) is 0.200. The Kier molecular flexibility index (Phi) is 2.26. The summed E-state index contributed by atoms with van der Waals surface area (Å²) in [6.45, 7) is -0.181. The quantitative estimate of drug-likeness (QED) is 0.695. The molecule has 0 fully saturated rings. The van der Waals surface area contributed by atoms with Gasteiger partial charge >= 0.3 is 0 Å². The predicted molar refractivity (Wildman–Crippen MR) is 51.1 cm³/mol. The Bertz CT molecular complexity index is 464. The van der Waals surface area contributed by atoms with E-state index in [4.69, 9.17) is 0 Å². The molecule has 0 bridgehead atoms. The van der Waals surface area contributed by atoms with E-state index in [0.717, 1.165) is 17.2 Å². The van der Waals surface area contributed by atoms with Crippen LogP contribution >= 0.6 is 0 Å². The number of halogens is 1. The molecule has 0 radical (unpaired) electrons. The SMILES string of the molecule is O=Cc1ccc2cn(CCF)nc2c1. The summed E-state index contributed by atoms with van der Waals surface area (Å²) in [5, 5.41) is 5.05. The number of carbonyl (C=O) groups excluding carboxylic acids is 1. The monoisotopic (exact) mass is 192 g/mol. The van der Waals surface area contributed by atoms with Gasteiger partial charge in [-0.3, -0.25) is 9.48 Å². The molecule has 0 aliphatic heterocycles. The van der Waals surface area contributed by atoms with Gasteiger partial charge in [0, 0.05) is 17.1 Å². The fourth-order valence-corrected chi connectivity index (χ4v) is 1.36. The highest BCUT2D eigenvalue weighted by atomic mass is 19.1. The highest BCUT2D eigenvalue weighted by Crippen LogP contribution is 2.13. The van der Waals surface area contributed by atoms with Crippen LogP contribution in [-0.2, 0) is 6.54 Å². The summed E-state index contributed by atoms with van der Waals surface area (Å²) in [6.07, 6.45) is 2.54. The molecule has 0 spiro atoms. The normalized spacial score (nSPS) is 10.6. The Hall–Kier alpha value is -1.71. The van der Waals surface area contributed by atoms with Gasteiger partial charge in [-0.1, -0.05) is 12.1 Å². The molecule has 0 atom stereocenters. The van der Waals surface area contributed by atoms with Crippen LogP contribution in [0.4, 0.5) is 4.39 Å². The Balaban J connectivity index is 2.48. The lowest BCUT2D eigenvalue weighted by Crippen LogP contribution is -1.98. The fourth-order valence-electron chi connectivity index (χ4n) is 1.36. The van der Waals surface area contributed by atoms with Gasteiger partial charge in [-0.2, -0.15) is 5.10 Å². The maximum absolute atomic E-state index is 12.0. The molecule has 1 aromatic carbocycles. The van der Waals surface area contributed by atoms with Gasteiger partial charge in [0.25, 0.3) is 0 Å². The van der Waals surface area contributed by atoms with E-state index < -0.39 is 6.67 Å². The number of alkyl halides is 1. The molecule has 2 rings (SSSR count). The second kappa shape index (κ2) is 3.57. The van der Waals surface area contributed by atoms with Crippen molar-refractivity contribution in [2.75, 3.05) is 6.67 Å². The molecular weight excluding hydrogens is 183 g/mol. The first-order valence-electron chi connectivity index (χ1n) is 4.32. The number of fused-ring (bicyclic) bond motifs is 1. The summed E-state index contributed by atoms with van der Waals surface area (Å²) in [5.74, 6) is 0. The third-order valence-electron chi connectivity index (χ3n) is 2.03. The maximum atomic E-state index is 12.0. The molecule has 0 aliphatic carbocycles. The lowest BCUT2D eigenvalue weighted by Gasteiger charge is -1.91. The number of hydrogen-bond donors (Lipinski definition) is 0. The molecule has 1 aromatic heterocycles. The summed E-state index contributed by atoms with van der Waals surface area (Å²) in [7, 11) is 0. The third-order valence-corrected chi connectivity index (χ3v) is 2.03. The average Bonchev–Trinajstić information content (AvgIpc) is 2.59. The van der Waals surface area contributed by atoms with Crippen LogP contribution in [0.5, 0.6) is 0 Å². The first-order valence-corrected chi connectivity index (χ1v) is 4.32. The van der Waals surface area contributed by atoms with Crippen molar-refractivity contribution in [3.05, 3.63) is 30.0 Å². The molecule has 14 heavy (non-hydrogen) atoms. The molecular formula is C10H9FN2O. The molecule has 3 nitrogen and oxygen atoms in total. The summed E-state index contributed by atoms with van der Waals surface area (Å²) in [4.78, 5) is 10.5. The van der Waals surface area contributed by atoms with Crippen molar-refractivity contribution >= 4 is 17.2 Å². The van der Waals surface area contributed by atoms with Crippen LogP contribution in [0.2, 0.25) is 0 Å². The zero-order valence-electron chi connectivity index (χ0n) is 7.48. The Morgan fingerprint density at radius 3 is 3.07 bits per heavy atom. The summed E-state index contributed by atoms with van der Waals surface area (Å²) >= 11 is 0. The molecule has 0 unspecified atom stereocenters. The average molecular weight is 192 g/mol. The van der Waals surface area contributed by atoms with Gasteiger partial charge < -0.3 is 0 Å². The van der Waals surface area contributed by atoms with Crippen LogP contribution in [0, 0.1) is 0 Å². The van der Waals surface area contributed by atoms with Crippen LogP contribution in [0.15, 0.2) is 24.4 Å². The van der Waals surface area contributed by atoms with Crippen molar-refractivity contribution in [3.8, 4) is 0 Å². The van der Waals surface area contributed by atoms with E-state index in [9.17, 15) is 9.18 Å². The summed E-state index contributed by atoms with van der Waals surface area (Å²) in [5.41, 5.74) is 1.31. The second-order valence-corrected chi connectivity index (χ2v) is 3.02. The smallest absolute Gasteiger partial charge is 0.150 e. The van der Waals surface area contributed by atoms with Gasteiger partial charge in [-0.15, -0.1) is 0 Å². The second-order valence-electron chi connectivity index (χ2n) is 3.02. The number of benzene rings is 1. The summed E-state index contributed by atoms with van der Waals surface area (Å²) in [6, 6.07) is 5.22. The molecule has 0 amide bonds. The van der Waals surface area contributed by atoms with Gasteiger partial charge in [-0.05, 0) is 6.07 Å². The van der Waals surface area contributed by atoms with Gasteiger partial charge in [0.2, 0.25) is 0 Å². The Morgan fingerprint density at radius 2 is 2.36 bits per heavy atom. The minimum absolute atomic E-state index is 0.255. The number of rotatable bonds is 3. The highest BCUT2D eigenvalue weighted by Gasteiger charge is 2.01. The van der Waals surface area contributed by atoms with Crippen molar-refractivity contribution in [2.45, 2.75) is 6.54 Å². The number of hydrogen-bond acceptors (Lipinski definition) is 2. The van der Waals surface area contributed by atoms with E-state index in [0.29, 0.717) is 5.56 Å². The minimum Gasteiger partial charge on any atom is -0.298 e. The van der Waals surface area contributed by atoms with E-state index >= 15 is 0 Å². The lowest BCUT2D eigenvalue weighted by atomic mass is 10.2.